The molecule has 0 aliphatic carbocycles. The molecule has 0 bridgehead atoms. The number of likely N-dealkylation sites (N-methyl/N-ethyl adjacent to an activating group) is 1. The molecule has 3 rings (SSSR count). The van der Waals surface area contributed by atoms with Gasteiger partial charge in [-0.25, -0.2) is 0 Å². The second-order valence-electron chi connectivity index (χ2n) is 6.84. The molecule has 27 heavy (non-hydrogen) atoms. The number of non-ortho nitro benzene ring substituents is 1. The van der Waals surface area contributed by atoms with E-state index in [0.717, 1.165) is 43.4 Å². The minimum absolute atomic E-state index is 0.0353. The Morgan fingerprint density at radius 1 is 1.26 bits per heavy atom. The molecular formula is C18H21N3O6. The number of ether oxygens (including phenoxy) is 1. The number of rotatable bonds is 6. The summed E-state index contributed by atoms with van der Waals surface area (Å²) in [6.07, 6.45) is 2.79. The summed E-state index contributed by atoms with van der Waals surface area (Å²) in [7, 11) is 1.64. The highest BCUT2D eigenvalue weighted by Crippen LogP contribution is 2.26. The first-order valence-corrected chi connectivity index (χ1v) is 8.85. The molecule has 2 aliphatic heterocycles. The van der Waals surface area contributed by atoms with Gasteiger partial charge in [-0.1, -0.05) is 0 Å². The Morgan fingerprint density at radius 3 is 2.59 bits per heavy atom. The van der Waals surface area contributed by atoms with Crippen LogP contribution < -0.4 is 0 Å². The Balaban J connectivity index is 1.61. The molecule has 0 unspecified atom stereocenters. The number of fused-ring (bicyclic) bond motifs is 1. The fourth-order valence-corrected chi connectivity index (χ4v) is 3.33. The van der Waals surface area contributed by atoms with Gasteiger partial charge >= 0.3 is 0 Å². The summed E-state index contributed by atoms with van der Waals surface area (Å²) >= 11 is 0. The Labute approximate surface area is 156 Å². The lowest BCUT2D eigenvalue weighted by molar-refractivity contribution is -0.384. The van der Waals surface area contributed by atoms with Crippen LogP contribution in [0.15, 0.2) is 18.2 Å². The fourth-order valence-electron chi connectivity index (χ4n) is 3.33. The van der Waals surface area contributed by atoms with Crippen molar-refractivity contribution in [2.24, 2.45) is 5.92 Å². The lowest BCUT2D eigenvalue weighted by Crippen LogP contribution is -2.41. The maximum Gasteiger partial charge on any atom is 0.270 e. The normalized spacial score (nSPS) is 17.1. The highest BCUT2D eigenvalue weighted by molar-refractivity contribution is 6.22. The van der Waals surface area contributed by atoms with Gasteiger partial charge in [-0.15, -0.1) is 0 Å². The molecule has 0 radical (unpaired) electrons. The van der Waals surface area contributed by atoms with Gasteiger partial charge in [-0.2, -0.15) is 0 Å². The first-order valence-electron chi connectivity index (χ1n) is 8.85. The van der Waals surface area contributed by atoms with Crippen molar-refractivity contribution in [2.45, 2.75) is 19.3 Å². The van der Waals surface area contributed by atoms with Crippen molar-refractivity contribution in [3.05, 3.63) is 39.4 Å². The van der Waals surface area contributed by atoms with Crippen LogP contribution in [0.3, 0.4) is 0 Å². The maximum atomic E-state index is 12.4. The Hall–Kier alpha value is -2.81. The average molecular weight is 375 g/mol. The van der Waals surface area contributed by atoms with Crippen LogP contribution in [0.5, 0.6) is 0 Å². The van der Waals surface area contributed by atoms with Crippen molar-refractivity contribution in [3.8, 4) is 0 Å². The van der Waals surface area contributed by atoms with Gasteiger partial charge in [0.2, 0.25) is 5.91 Å². The number of imide groups is 1. The molecule has 9 heteroatoms. The molecule has 0 atom stereocenters. The van der Waals surface area contributed by atoms with Crippen LogP contribution in [-0.2, 0) is 9.53 Å². The zero-order valence-corrected chi connectivity index (χ0v) is 15.1. The Kier molecular flexibility index (Phi) is 5.50. The summed E-state index contributed by atoms with van der Waals surface area (Å²) in [5.41, 5.74) is -0.216. The third kappa shape index (κ3) is 3.97. The molecule has 0 spiro atoms. The van der Waals surface area contributed by atoms with Crippen LogP contribution in [0.1, 0.15) is 40.0 Å². The highest BCUT2D eigenvalue weighted by Gasteiger charge is 2.38. The molecule has 3 amide bonds. The first-order chi connectivity index (χ1) is 12.9. The second kappa shape index (κ2) is 7.83. The second-order valence-corrected chi connectivity index (χ2v) is 6.84. The van der Waals surface area contributed by atoms with Crippen LogP contribution in [0.4, 0.5) is 5.69 Å². The number of carbonyl (C=O) groups excluding carboxylic acids is 3. The van der Waals surface area contributed by atoms with Gasteiger partial charge in [0, 0.05) is 38.9 Å². The minimum atomic E-state index is -0.676. The van der Waals surface area contributed by atoms with E-state index >= 15 is 0 Å². The van der Waals surface area contributed by atoms with Crippen LogP contribution in [-0.4, -0.2) is 65.8 Å². The predicted octanol–water partition coefficient (Wildman–Crippen LogP) is 1.47. The van der Waals surface area contributed by atoms with Crippen molar-refractivity contribution in [1.82, 2.24) is 9.80 Å². The zero-order valence-electron chi connectivity index (χ0n) is 15.1. The van der Waals surface area contributed by atoms with Gasteiger partial charge in [0.15, 0.2) is 0 Å². The van der Waals surface area contributed by atoms with Crippen molar-refractivity contribution in [2.75, 3.05) is 33.4 Å². The summed E-state index contributed by atoms with van der Waals surface area (Å²) in [6, 6.07) is 3.51. The van der Waals surface area contributed by atoms with Crippen molar-refractivity contribution < 1.29 is 24.0 Å². The van der Waals surface area contributed by atoms with E-state index in [4.69, 9.17) is 4.74 Å². The van der Waals surface area contributed by atoms with E-state index in [9.17, 15) is 24.5 Å². The van der Waals surface area contributed by atoms with E-state index in [0.29, 0.717) is 12.5 Å². The summed E-state index contributed by atoms with van der Waals surface area (Å²) in [4.78, 5) is 49.9. The quantitative estimate of drug-likeness (QED) is 0.423. The third-order valence-corrected chi connectivity index (χ3v) is 5.10. The fraction of sp³-hybridized carbons (Fsp3) is 0.500. The predicted molar refractivity (Wildman–Crippen MR) is 94.3 cm³/mol. The number of nitrogens with zero attached hydrogens (tertiary/aromatic N) is 3. The first kappa shape index (κ1) is 19.0. The number of amides is 3. The number of hydrogen-bond donors (Lipinski definition) is 0. The minimum Gasteiger partial charge on any atom is -0.381 e. The third-order valence-electron chi connectivity index (χ3n) is 5.10. The number of carbonyl (C=O) groups is 3. The van der Waals surface area contributed by atoms with E-state index < -0.39 is 16.7 Å². The SMILES string of the molecule is CN(CCC1CCOCC1)C(=O)CN1C(=O)c2ccc([N+](=O)[O-])cc2C1=O. The van der Waals surface area contributed by atoms with E-state index in [1.807, 2.05) is 0 Å². The molecule has 1 fully saturated rings. The molecule has 2 aliphatic rings. The summed E-state index contributed by atoms with van der Waals surface area (Å²) in [5, 5.41) is 10.9. The smallest absolute Gasteiger partial charge is 0.270 e. The van der Waals surface area contributed by atoms with Crippen molar-refractivity contribution in [3.63, 3.8) is 0 Å². The molecule has 1 saturated heterocycles. The highest BCUT2D eigenvalue weighted by atomic mass is 16.6. The molecule has 144 valence electrons. The Bertz CT molecular complexity index is 787. The molecule has 1 aromatic carbocycles. The average Bonchev–Trinajstić information content (AvgIpc) is 2.91. The van der Waals surface area contributed by atoms with Gasteiger partial charge in [-0.3, -0.25) is 29.4 Å². The molecule has 0 saturated carbocycles. The summed E-state index contributed by atoms with van der Waals surface area (Å²) in [5.74, 6) is -1.11. The largest absolute Gasteiger partial charge is 0.381 e. The van der Waals surface area contributed by atoms with Gasteiger partial charge in [0.25, 0.3) is 17.5 Å². The summed E-state index contributed by atoms with van der Waals surface area (Å²) < 4.78 is 5.32. The zero-order chi connectivity index (χ0) is 19.6. The number of hydrogen-bond acceptors (Lipinski definition) is 6. The van der Waals surface area contributed by atoms with Crippen molar-refractivity contribution in [1.29, 1.82) is 0 Å². The number of benzene rings is 1. The van der Waals surface area contributed by atoms with Crippen molar-refractivity contribution >= 4 is 23.4 Å². The lowest BCUT2D eigenvalue weighted by Gasteiger charge is -2.25. The van der Waals surface area contributed by atoms with Crippen LogP contribution in [0.25, 0.3) is 0 Å². The molecule has 0 N–H and O–H groups in total. The Morgan fingerprint density at radius 2 is 1.93 bits per heavy atom. The van der Waals surface area contributed by atoms with E-state index in [-0.39, 0.29) is 29.3 Å². The van der Waals surface area contributed by atoms with Gasteiger partial charge in [0.05, 0.1) is 16.1 Å². The van der Waals surface area contributed by atoms with Gasteiger partial charge < -0.3 is 9.64 Å². The van der Waals surface area contributed by atoms with Crippen LogP contribution >= 0.6 is 0 Å². The van der Waals surface area contributed by atoms with Gasteiger partial charge in [-0.05, 0) is 31.2 Å². The maximum absolute atomic E-state index is 12.4. The van der Waals surface area contributed by atoms with Crippen LogP contribution in [0, 0.1) is 16.0 Å². The van der Waals surface area contributed by atoms with Gasteiger partial charge in [0.1, 0.15) is 6.54 Å². The summed E-state index contributed by atoms with van der Waals surface area (Å²) in [6.45, 7) is 1.65. The number of nitro benzene ring substituents is 1. The van der Waals surface area contributed by atoms with E-state index in [2.05, 4.69) is 0 Å². The van der Waals surface area contributed by atoms with E-state index in [1.54, 1.807) is 7.05 Å². The molecular weight excluding hydrogens is 354 g/mol. The molecule has 9 nitrogen and oxygen atoms in total. The standard InChI is InChI=1S/C18H21N3O6/c1-19(7-4-12-5-8-27-9-6-12)16(22)11-20-17(23)14-3-2-13(21(25)26)10-15(14)18(20)24/h2-3,10,12H,4-9,11H2,1H3. The molecule has 0 aromatic heterocycles. The molecule has 2 heterocycles. The monoisotopic (exact) mass is 375 g/mol. The lowest BCUT2D eigenvalue weighted by atomic mass is 9.96. The molecule has 1 aromatic rings. The van der Waals surface area contributed by atoms with E-state index in [1.165, 1.54) is 17.0 Å². The number of nitro groups is 1. The topological polar surface area (TPSA) is 110 Å². The van der Waals surface area contributed by atoms with Crippen LogP contribution in [0.2, 0.25) is 0 Å².